The lowest BCUT2D eigenvalue weighted by Gasteiger charge is -2.12. The quantitative estimate of drug-likeness (QED) is 0.594. The van der Waals surface area contributed by atoms with Crippen molar-refractivity contribution in [2.45, 2.75) is 27.2 Å². The highest BCUT2D eigenvalue weighted by molar-refractivity contribution is 5.93. The number of hydrogen-bond donors (Lipinski definition) is 1. The Morgan fingerprint density at radius 2 is 1.88 bits per heavy atom. The monoisotopic (exact) mass is 317 g/mol. The molecule has 0 atom stereocenters. The SMILES string of the molecule is CCc1nc2c(C)cc(C)nc2n1-c1cccc2cc(O)ccc12. The summed E-state index contributed by atoms with van der Waals surface area (Å²) in [7, 11) is 0. The molecule has 4 aromatic rings. The Hall–Kier alpha value is -2.88. The molecule has 0 radical (unpaired) electrons. The van der Waals surface area contributed by atoms with Crippen LogP contribution in [0.2, 0.25) is 0 Å². The van der Waals surface area contributed by atoms with Crippen molar-refractivity contribution in [2.75, 3.05) is 0 Å². The summed E-state index contributed by atoms with van der Waals surface area (Å²) >= 11 is 0. The highest BCUT2D eigenvalue weighted by Crippen LogP contribution is 2.30. The molecule has 4 rings (SSSR count). The number of nitrogens with zero attached hydrogens (tertiary/aromatic N) is 3. The Kier molecular flexibility index (Phi) is 3.27. The summed E-state index contributed by atoms with van der Waals surface area (Å²) in [6, 6.07) is 13.6. The molecule has 0 saturated heterocycles. The van der Waals surface area contributed by atoms with E-state index in [9.17, 15) is 5.11 Å². The third-order valence-electron chi connectivity index (χ3n) is 4.40. The van der Waals surface area contributed by atoms with Crippen LogP contribution in [0.25, 0.3) is 27.6 Å². The number of rotatable bonds is 2. The summed E-state index contributed by atoms with van der Waals surface area (Å²) < 4.78 is 2.15. The maximum absolute atomic E-state index is 9.77. The second-order valence-electron chi connectivity index (χ2n) is 6.15. The molecule has 0 bridgehead atoms. The molecule has 2 aromatic carbocycles. The average Bonchev–Trinajstić information content (AvgIpc) is 2.92. The van der Waals surface area contributed by atoms with Crippen molar-refractivity contribution in [1.29, 1.82) is 0 Å². The zero-order valence-electron chi connectivity index (χ0n) is 14.0. The van der Waals surface area contributed by atoms with E-state index in [4.69, 9.17) is 9.97 Å². The van der Waals surface area contributed by atoms with Crippen LogP contribution in [-0.4, -0.2) is 19.6 Å². The number of phenolic OH excluding ortho intramolecular Hbond substituents is 1. The first-order valence-corrected chi connectivity index (χ1v) is 8.16. The molecule has 120 valence electrons. The molecule has 24 heavy (non-hydrogen) atoms. The summed E-state index contributed by atoms with van der Waals surface area (Å²) in [5, 5.41) is 11.8. The topological polar surface area (TPSA) is 50.9 Å². The van der Waals surface area contributed by atoms with Crippen molar-refractivity contribution >= 4 is 21.9 Å². The maximum Gasteiger partial charge on any atom is 0.165 e. The second-order valence-corrected chi connectivity index (χ2v) is 6.15. The van der Waals surface area contributed by atoms with Crippen LogP contribution < -0.4 is 0 Å². The van der Waals surface area contributed by atoms with Gasteiger partial charge in [0.25, 0.3) is 0 Å². The summed E-state index contributed by atoms with van der Waals surface area (Å²) in [5.41, 5.74) is 5.02. The molecule has 0 aliphatic heterocycles. The molecule has 0 unspecified atom stereocenters. The molecule has 0 aliphatic carbocycles. The van der Waals surface area contributed by atoms with Crippen LogP contribution in [0.4, 0.5) is 0 Å². The van der Waals surface area contributed by atoms with Gasteiger partial charge in [0.15, 0.2) is 5.65 Å². The number of aromatic nitrogens is 3. The Morgan fingerprint density at radius 1 is 1.04 bits per heavy atom. The first-order chi connectivity index (χ1) is 11.6. The van der Waals surface area contributed by atoms with Crippen molar-refractivity contribution in [3.8, 4) is 11.4 Å². The predicted octanol–water partition coefficient (Wildman–Crippen LogP) is 4.46. The molecule has 0 saturated carbocycles. The van der Waals surface area contributed by atoms with Crippen LogP contribution in [0.5, 0.6) is 5.75 Å². The largest absolute Gasteiger partial charge is 0.508 e. The molecule has 0 aliphatic rings. The number of imidazole rings is 1. The van der Waals surface area contributed by atoms with Gasteiger partial charge in [0.2, 0.25) is 0 Å². The van der Waals surface area contributed by atoms with Crippen LogP contribution in [-0.2, 0) is 6.42 Å². The van der Waals surface area contributed by atoms with Gasteiger partial charge in [-0.05, 0) is 55.1 Å². The first kappa shape index (κ1) is 14.7. The number of aromatic hydroxyl groups is 1. The minimum absolute atomic E-state index is 0.274. The zero-order chi connectivity index (χ0) is 16.8. The molecule has 1 N–H and O–H groups in total. The van der Waals surface area contributed by atoms with Crippen molar-refractivity contribution in [3.63, 3.8) is 0 Å². The van der Waals surface area contributed by atoms with Crippen molar-refractivity contribution in [2.24, 2.45) is 0 Å². The number of hydrogen-bond acceptors (Lipinski definition) is 3. The van der Waals surface area contributed by atoms with E-state index < -0.39 is 0 Å². The molecule has 2 aromatic heterocycles. The molecule has 2 heterocycles. The molecule has 0 fully saturated rings. The van der Waals surface area contributed by atoms with Gasteiger partial charge in [-0.15, -0.1) is 0 Å². The van der Waals surface area contributed by atoms with Crippen LogP contribution >= 0.6 is 0 Å². The fourth-order valence-corrected chi connectivity index (χ4v) is 3.34. The normalized spacial score (nSPS) is 11.5. The predicted molar refractivity (Wildman–Crippen MR) is 96.9 cm³/mol. The van der Waals surface area contributed by atoms with E-state index in [1.165, 1.54) is 0 Å². The highest BCUT2D eigenvalue weighted by atomic mass is 16.3. The summed E-state index contributed by atoms with van der Waals surface area (Å²) in [6.45, 7) is 6.20. The third kappa shape index (κ3) is 2.14. The highest BCUT2D eigenvalue weighted by Gasteiger charge is 2.16. The second kappa shape index (κ2) is 5.34. The van der Waals surface area contributed by atoms with Gasteiger partial charge in [-0.3, -0.25) is 4.57 Å². The Balaban J connectivity index is 2.14. The van der Waals surface area contributed by atoms with Crippen molar-refractivity contribution in [3.05, 3.63) is 59.5 Å². The van der Waals surface area contributed by atoms with Crippen LogP contribution in [0, 0.1) is 13.8 Å². The minimum atomic E-state index is 0.274. The van der Waals surface area contributed by atoms with E-state index in [0.717, 1.165) is 51.1 Å². The van der Waals surface area contributed by atoms with E-state index in [0.29, 0.717) is 0 Å². The smallest absolute Gasteiger partial charge is 0.165 e. The van der Waals surface area contributed by atoms with Gasteiger partial charge in [0.05, 0.1) is 5.69 Å². The van der Waals surface area contributed by atoms with Gasteiger partial charge in [0, 0.05) is 17.5 Å². The zero-order valence-corrected chi connectivity index (χ0v) is 14.0. The molecule has 0 amide bonds. The van der Waals surface area contributed by atoms with Gasteiger partial charge in [0.1, 0.15) is 17.1 Å². The number of fused-ring (bicyclic) bond motifs is 2. The fourth-order valence-electron chi connectivity index (χ4n) is 3.34. The summed E-state index contributed by atoms with van der Waals surface area (Å²) in [5.74, 6) is 1.27. The van der Waals surface area contributed by atoms with Crippen LogP contribution in [0.1, 0.15) is 24.0 Å². The standard InChI is InChI=1S/C20H19N3O/c1-4-18-22-19-12(2)10-13(3)21-20(19)23(18)17-7-5-6-14-11-15(24)8-9-16(14)17/h5-11,24H,4H2,1-3H3. The molecule has 4 heteroatoms. The number of aryl methyl sites for hydroxylation is 3. The molecule has 4 nitrogen and oxygen atoms in total. The van der Waals surface area contributed by atoms with Gasteiger partial charge in [-0.25, -0.2) is 9.97 Å². The van der Waals surface area contributed by atoms with E-state index in [1.807, 2.05) is 25.1 Å². The summed E-state index contributed by atoms with van der Waals surface area (Å²) in [6.07, 6.45) is 0.823. The van der Waals surface area contributed by atoms with Crippen molar-refractivity contribution < 1.29 is 5.11 Å². The van der Waals surface area contributed by atoms with Crippen molar-refractivity contribution in [1.82, 2.24) is 14.5 Å². The molecular formula is C20H19N3O. The summed E-state index contributed by atoms with van der Waals surface area (Å²) in [4.78, 5) is 9.58. The van der Waals surface area contributed by atoms with Gasteiger partial charge in [-0.2, -0.15) is 0 Å². The van der Waals surface area contributed by atoms with Crippen LogP contribution in [0.3, 0.4) is 0 Å². The lowest BCUT2D eigenvalue weighted by atomic mass is 10.1. The van der Waals surface area contributed by atoms with Gasteiger partial charge in [-0.1, -0.05) is 19.1 Å². The first-order valence-electron chi connectivity index (χ1n) is 8.16. The number of pyridine rings is 1. The van der Waals surface area contributed by atoms with E-state index in [1.54, 1.807) is 12.1 Å². The third-order valence-corrected chi connectivity index (χ3v) is 4.40. The fraction of sp³-hybridized carbons (Fsp3) is 0.200. The van der Waals surface area contributed by atoms with Crippen LogP contribution in [0.15, 0.2) is 42.5 Å². The number of benzene rings is 2. The van der Waals surface area contributed by atoms with E-state index >= 15 is 0 Å². The van der Waals surface area contributed by atoms with E-state index in [-0.39, 0.29) is 5.75 Å². The molecule has 0 spiro atoms. The van der Waals surface area contributed by atoms with E-state index in [2.05, 4.69) is 30.5 Å². The van der Waals surface area contributed by atoms with Gasteiger partial charge >= 0.3 is 0 Å². The average molecular weight is 317 g/mol. The lowest BCUT2D eigenvalue weighted by molar-refractivity contribution is 0.476. The van der Waals surface area contributed by atoms with Gasteiger partial charge < -0.3 is 5.11 Å². The maximum atomic E-state index is 9.77. The number of phenols is 1. The Labute approximate surface area is 140 Å². The Morgan fingerprint density at radius 3 is 2.67 bits per heavy atom. The minimum Gasteiger partial charge on any atom is -0.508 e. The molecular weight excluding hydrogens is 298 g/mol. The Bertz CT molecular complexity index is 1080. The lowest BCUT2D eigenvalue weighted by Crippen LogP contribution is -2.02.